The average Bonchev–Trinajstić information content (AvgIpc) is 2.34. The van der Waals surface area contributed by atoms with Gasteiger partial charge in [0.15, 0.2) is 0 Å². The minimum absolute atomic E-state index is 0. The van der Waals surface area contributed by atoms with Gasteiger partial charge in [0.2, 0.25) is 0 Å². The lowest BCUT2D eigenvalue weighted by Gasteiger charge is -2.10. The van der Waals surface area contributed by atoms with Gasteiger partial charge < -0.3 is 14.9 Å². The molecule has 19 heavy (non-hydrogen) atoms. The number of aliphatic hydroxyl groups is 1. The largest absolute Gasteiger partial charge is 0.506 e. The molecule has 0 aliphatic carbocycles. The molecule has 0 unspecified atom stereocenters. The van der Waals surface area contributed by atoms with Crippen LogP contribution in [0.25, 0.3) is 0 Å². The van der Waals surface area contributed by atoms with E-state index < -0.39 is 0 Å². The van der Waals surface area contributed by atoms with Gasteiger partial charge in [-0.25, -0.2) is 0 Å². The Morgan fingerprint density at radius 3 is 2.79 bits per heavy atom. The van der Waals surface area contributed by atoms with Gasteiger partial charge in [0.25, 0.3) is 0 Å². The molecule has 5 nitrogen and oxygen atoms in total. The third-order valence-electron chi connectivity index (χ3n) is 2.37. The van der Waals surface area contributed by atoms with E-state index in [-0.39, 0.29) is 36.5 Å². The summed E-state index contributed by atoms with van der Waals surface area (Å²) in [5.74, 6) is 0.493. The maximum atomic E-state index is 11.2. The van der Waals surface area contributed by atoms with Crippen molar-refractivity contribution in [3.05, 3.63) is 23.0 Å². The Balaban J connectivity index is 0.00000324. The average molecular weight is 308 g/mol. The van der Waals surface area contributed by atoms with Crippen LogP contribution in [0.5, 0.6) is 5.75 Å². The summed E-state index contributed by atoms with van der Waals surface area (Å²) in [5.41, 5.74) is 1.69. The number of aryl methyl sites for hydroxylation is 1. The van der Waals surface area contributed by atoms with Crippen molar-refractivity contribution >= 4 is 30.1 Å². The molecule has 108 valence electrons. The number of halogens is 1. The summed E-state index contributed by atoms with van der Waals surface area (Å²) in [6.07, 6.45) is 1.61. The smallest absolute Gasteiger partial charge is 0.315 e. The molecule has 2 N–H and O–H groups in total. The first-order valence-electron chi connectivity index (χ1n) is 5.60. The van der Waals surface area contributed by atoms with E-state index in [0.29, 0.717) is 23.6 Å². The van der Waals surface area contributed by atoms with Gasteiger partial charge in [-0.3, -0.25) is 9.78 Å². The van der Waals surface area contributed by atoms with E-state index in [1.165, 1.54) is 11.8 Å². The van der Waals surface area contributed by atoms with Gasteiger partial charge in [0, 0.05) is 17.5 Å². The fourth-order valence-electron chi connectivity index (χ4n) is 1.43. The predicted molar refractivity (Wildman–Crippen MR) is 76.6 cm³/mol. The zero-order valence-electron chi connectivity index (χ0n) is 10.9. The lowest BCUT2D eigenvalue weighted by molar-refractivity contribution is -0.139. The summed E-state index contributed by atoms with van der Waals surface area (Å²) in [4.78, 5) is 15.2. The van der Waals surface area contributed by atoms with E-state index in [4.69, 9.17) is 4.74 Å². The van der Waals surface area contributed by atoms with Crippen molar-refractivity contribution < 1.29 is 19.7 Å². The molecule has 1 heterocycles. The minimum Gasteiger partial charge on any atom is -0.506 e. The molecule has 7 heteroatoms. The number of esters is 1. The van der Waals surface area contributed by atoms with Crippen LogP contribution >= 0.6 is 24.2 Å². The summed E-state index contributed by atoms with van der Waals surface area (Å²) >= 11 is 1.36. The second-order valence-corrected chi connectivity index (χ2v) is 4.64. The normalized spacial score (nSPS) is 9.84. The zero-order valence-corrected chi connectivity index (χ0v) is 12.5. The molecule has 0 spiro atoms. The summed E-state index contributed by atoms with van der Waals surface area (Å²) in [6, 6.07) is 0. The Kier molecular flexibility index (Phi) is 8.54. The highest BCUT2D eigenvalue weighted by atomic mass is 35.5. The molecule has 1 aromatic rings. The number of aliphatic hydroxyl groups excluding tert-OH is 1. The molecular formula is C12H18ClNO4S. The van der Waals surface area contributed by atoms with Crippen LogP contribution in [0, 0.1) is 6.92 Å². The zero-order chi connectivity index (χ0) is 13.5. The Hall–Kier alpha value is -0.980. The monoisotopic (exact) mass is 307 g/mol. The number of rotatable bonds is 6. The Bertz CT molecular complexity index is 428. The van der Waals surface area contributed by atoms with Crippen molar-refractivity contribution in [1.29, 1.82) is 0 Å². The minimum atomic E-state index is -0.266. The summed E-state index contributed by atoms with van der Waals surface area (Å²) in [5, 5.41) is 19.0. The molecule has 0 aromatic carbocycles. The van der Waals surface area contributed by atoms with Gasteiger partial charge in [-0.15, -0.1) is 24.2 Å². The number of ether oxygens (including phenoxy) is 1. The second-order valence-electron chi connectivity index (χ2n) is 3.65. The van der Waals surface area contributed by atoms with Crippen LogP contribution in [0.15, 0.2) is 6.20 Å². The molecular weight excluding hydrogens is 290 g/mol. The van der Waals surface area contributed by atoms with Crippen LogP contribution in [0.4, 0.5) is 0 Å². The SMILES string of the molecule is CCOC(=O)CSCc1cnc(C)c(O)c1CO.Cl. The maximum absolute atomic E-state index is 11.2. The van der Waals surface area contributed by atoms with Gasteiger partial charge in [-0.2, -0.15) is 0 Å². The Morgan fingerprint density at radius 1 is 1.53 bits per heavy atom. The molecule has 0 radical (unpaired) electrons. The number of carbonyl (C=O) groups is 1. The first-order chi connectivity index (χ1) is 8.60. The molecule has 0 atom stereocenters. The van der Waals surface area contributed by atoms with Gasteiger partial charge in [-0.05, 0) is 19.4 Å². The lowest BCUT2D eigenvalue weighted by Crippen LogP contribution is -2.07. The number of carbonyl (C=O) groups excluding carboxylic acids is 1. The van der Waals surface area contributed by atoms with Gasteiger partial charge in [0.1, 0.15) is 5.75 Å². The first-order valence-corrected chi connectivity index (χ1v) is 6.76. The number of thioether (sulfide) groups is 1. The van der Waals surface area contributed by atoms with Crippen molar-refractivity contribution in [2.24, 2.45) is 0 Å². The van der Waals surface area contributed by atoms with E-state index in [2.05, 4.69) is 4.98 Å². The highest BCUT2D eigenvalue weighted by molar-refractivity contribution is 7.99. The fourth-order valence-corrected chi connectivity index (χ4v) is 2.25. The van der Waals surface area contributed by atoms with Crippen LogP contribution in [0.2, 0.25) is 0 Å². The van der Waals surface area contributed by atoms with Crippen LogP contribution in [0.1, 0.15) is 23.7 Å². The maximum Gasteiger partial charge on any atom is 0.315 e. The molecule has 1 rings (SSSR count). The van der Waals surface area contributed by atoms with E-state index in [9.17, 15) is 15.0 Å². The molecule has 0 bridgehead atoms. The van der Waals surface area contributed by atoms with Crippen LogP contribution < -0.4 is 0 Å². The standard InChI is InChI=1S/C12H17NO4S.ClH/c1-3-17-11(15)7-18-6-9-4-13-8(2)12(16)10(9)5-14;/h4,14,16H,3,5-7H2,1-2H3;1H. The van der Waals surface area contributed by atoms with Crippen LogP contribution in [0.3, 0.4) is 0 Å². The van der Waals surface area contributed by atoms with Crippen molar-refractivity contribution in [2.45, 2.75) is 26.2 Å². The highest BCUT2D eigenvalue weighted by Crippen LogP contribution is 2.26. The third kappa shape index (κ3) is 5.26. The number of hydrogen-bond donors (Lipinski definition) is 2. The molecule has 0 saturated heterocycles. The Morgan fingerprint density at radius 2 is 2.21 bits per heavy atom. The molecule has 0 fully saturated rings. The lowest BCUT2D eigenvalue weighted by atomic mass is 10.1. The second kappa shape index (κ2) is 9.01. The summed E-state index contributed by atoms with van der Waals surface area (Å²) in [6.45, 7) is 3.55. The van der Waals surface area contributed by atoms with E-state index in [1.807, 2.05) is 0 Å². The molecule has 0 amide bonds. The fraction of sp³-hybridized carbons (Fsp3) is 0.500. The number of hydrogen-bond acceptors (Lipinski definition) is 6. The predicted octanol–water partition coefficient (Wildman–Crippen LogP) is 1.81. The summed E-state index contributed by atoms with van der Waals surface area (Å²) in [7, 11) is 0. The van der Waals surface area contributed by atoms with E-state index >= 15 is 0 Å². The topological polar surface area (TPSA) is 79.7 Å². The molecule has 0 aliphatic heterocycles. The molecule has 1 aromatic heterocycles. The molecule has 0 aliphatic rings. The van der Waals surface area contributed by atoms with E-state index in [1.54, 1.807) is 20.0 Å². The van der Waals surface area contributed by atoms with Crippen molar-refractivity contribution in [1.82, 2.24) is 4.98 Å². The van der Waals surface area contributed by atoms with Crippen molar-refractivity contribution in [2.75, 3.05) is 12.4 Å². The van der Waals surface area contributed by atoms with Gasteiger partial charge in [0.05, 0.1) is 24.7 Å². The summed E-state index contributed by atoms with van der Waals surface area (Å²) < 4.78 is 4.81. The quantitative estimate of drug-likeness (QED) is 0.780. The van der Waals surface area contributed by atoms with Gasteiger partial charge in [-0.1, -0.05) is 0 Å². The molecule has 0 saturated carbocycles. The number of pyridine rings is 1. The number of aromatic nitrogens is 1. The van der Waals surface area contributed by atoms with Gasteiger partial charge >= 0.3 is 5.97 Å². The van der Waals surface area contributed by atoms with Crippen LogP contribution in [-0.2, 0) is 21.9 Å². The van der Waals surface area contributed by atoms with Crippen LogP contribution in [-0.4, -0.2) is 33.5 Å². The number of nitrogens with zero attached hydrogens (tertiary/aromatic N) is 1. The Labute approximate surface area is 122 Å². The highest BCUT2D eigenvalue weighted by Gasteiger charge is 2.11. The third-order valence-corrected chi connectivity index (χ3v) is 3.33. The van der Waals surface area contributed by atoms with Crippen molar-refractivity contribution in [3.8, 4) is 5.75 Å². The first kappa shape index (κ1) is 18.0. The van der Waals surface area contributed by atoms with Crippen molar-refractivity contribution in [3.63, 3.8) is 0 Å². The number of aromatic hydroxyl groups is 1. The van der Waals surface area contributed by atoms with E-state index in [0.717, 1.165) is 5.56 Å².